The molecule has 0 bridgehead atoms. The zero-order valence-corrected chi connectivity index (χ0v) is 25.4. The number of fused-ring (bicyclic) bond motifs is 1. The summed E-state index contributed by atoms with van der Waals surface area (Å²) in [7, 11) is 1.36. The molecule has 1 saturated heterocycles. The van der Waals surface area contributed by atoms with Crippen LogP contribution in [-0.2, 0) is 16.1 Å². The smallest absolute Gasteiger partial charge is 0.410 e. The maximum Gasteiger partial charge on any atom is 0.410 e. The van der Waals surface area contributed by atoms with Gasteiger partial charge >= 0.3 is 6.09 Å². The Morgan fingerprint density at radius 2 is 1.74 bits per heavy atom. The minimum atomic E-state index is -0.573. The second-order valence-corrected chi connectivity index (χ2v) is 12.5. The lowest BCUT2D eigenvalue weighted by molar-refractivity contribution is -0.123. The molecule has 2 amide bonds. The zero-order valence-electron chi connectivity index (χ0n) is 25.4. The predicted octanol–water partition coefficient (Wildman–Crippen LogP) is 4.57. The van der Waals surface area contributed by atoms with Crippen LogP contribution in [0.4, 0.5) is 14.9 Å². The Kier molecular flexibility index (Phi) is 8.79. The van der Waals surface area contributed by atoms with E-state index in [1.54, 1.807) is 17.0 Å². The quantitative estimate of drug-likeness (QED) is 0.471. The standard InChI is InChI=1S/C31H40FN5O5/c1-30(2,3)34-26(38)19-37-27(20-9-11-23(32)25(17-20)41-7)33-24-12-10-21(18-22(24)28(37)39)35-13-8-14-36(16-15-35)29(40)42-31(4,5)6/h9-12,17-18H,8,13-16,19H2,1-7H3,(H,34,38). The Balaban J connectivity index is 1.72. The van der Waals surface area contributed by atoms with E-state index in [1.807, 2.05) is 47.6 Å². The highest BCUT2D eigenvalue weighted by molar-refractivity contribution is 5.85. The van der Waals surface area contributed by atoms with E-state index in [2.05, 4.69) is 10.2 Å². The van der Waals surface area contributed by atoms with Crippen molar-refractivity contribution in [3.8, 4) is 17.1 Å². The molecule has 0 spiro atoms. The van der Waals surface area contributed by atoms with Gasteiger partial charge in [0.05, 0.1) is 18.0 Å². The number of halogens is 1. The molecular formula is C31H40FN5O5. The second-order valence-electron chi connectivity index (χ2n) is 12.5. The topological polar surface area (TPSA) is 106 Å². The number of hydrogen-bond donors (Lipinski definition) is 1. The van der Waals surface area contributed by atoms with Crippen molar-refractivity contribution in [3.63, 3.8) is 0 Å². The van der Waals surface area contributed by atoms with E-state index in [0.29, 0.717) is 42.6 Å². The van der Waals surface area contributed by atoms with E-state index in [9.17, 15) is 18.8 Å². The van der Waals surface area contributed by atoms with E-state index >= 15 is 0 Å². The van der Waals surface area contributed by atoms with Crippen molar-refractivity contribution in [2.75, 3.05) is 38.2 Å². The highest BCUT2D eigenvalue weighted by Crippen LogP contribution is 2.27. The number of hydrogen-bond acceptors (Lipinski definition) is 7. The number of nitrogens with zero attached hydrogens (tertiary/aromatic N) is 4. The number of aromatic nitrogens is 2. The maximum absolute atomic E-state index is 14.2. The fraction of sp³-hybridized carbons (Fsp3) is 0.484. The van der Waals surface area contributed by atoms with Gasteiger partial charge in [-0.15, -0.1) is 0 Å². The Morgan fingerprint density at radius 3 is 2.40 bits per heavy atom. The lowest BCUT2D eigenvalue weighted by Gasteiger charge is -2.27. The van der Waals surface area contributed by atoms with Crippen LogP contribution < -0.4 is 20.5 Å². The summed E-state index contributed by atoms with van der Waals surface area (Å²) in [6, 6.07) is 9.65. The molecule has 2 heterocycles. The first kappa shape index (κ1) is 30.8. The molecule has 2 aromatic carbocycles. The highest BCUT2D eigenvalue weighted by atomic mass is 19.1. The van der Waals surface area contributed by atoms with Crippen LogP contribution in [0.2, 0.25) is 0 Å². The third kappa shape index (κ3) is 7.37. The summed E-state index contributed by atoms with van der Waals surface area (Å²) in [6.07, 6.45) is 0.395. The van der Waals surface area contributed by atoms with Crippen LogP contribution in [0.1, 0.15) is 48.0 Å². The number of carbonyl (C=O) groups excluding carboxylic acids is 2. The first-order chi connectivity index (χ1) is 19.6. The summed E-state index contributed by atoms with van der Waals surface area (Å²) in [5.41, 5.74) is 0.228. The summed E-state index contributed by atoms with van der Waals surface area (Å²) in [4.78, 5) is 48.1. The number of benzene rings is 2. The van der Waals surface area contributed by atoms with Crippen LogP contribution in [-0.4, -0.2) is 70.9 Å². The number of carbonyl (C=O) groups is 2. The largest absolute Gasteiger partial charge is 0.494 e. The molecule has 226 valence electrons. The highest BCUT2D eigenvalue weighted by Gasteiger charge is 2.25. The molecule has 1 N–H and O–H groups in total. The van der Waals surface area contributed by atoms with Crippen LogP contribution in [0.5, 0.6) is 5.75 Å². The number of methoxy groups -OCH3 is 1. The minimum Gasteiger partial charge on any atom is -0.494 e. The molecule has 11 heteroatoms. The first-order valence-corrected chi connectivity index (χ1v) is 14.1. The molecule has 4 rings (SSSR count). The summed E-state index contributed by atoms with van der Waals surface area (Å²) in [6.45, 7) is 13.1. The van der Waals surface area contributed by atoms with Crippen LogP contribution in [0.25, 0.3) is 22.3 Å². The van der Waals surface area contributed by atoms with Gasteiger partial charge in [0.2, 0.25) is 5.91 Å². The third-order valence-corrected chi connectivity index (χ3v) is 6.68. The molecular weight excluding hydrogens is 541 g/mol. The average molecular weight is 582 g/mol. The van der Waals surface area contributed by atoms with Crippen LogP contribution in [0.15, 0.2) is 41.2 Å². The molecule has 10 nitrogen and oxygen atoms in total. The molecule has 3 aromatic rings. The molecule has 0 unspecified atom stereocenters. The number of ether oxygens (including phenoxy) is 2. The summed E-state index contributed by atoms with van der Waals surface area (Å²) >= 11 is 0. The van der Waals surface area contributed by atoms with Gasteiger partial charge in [0.15, 0.2) is 11.6 Å². The number of nitrogens with one attached hydrogen (secondary N) is 1. The van der Waals surface area contributed by atoms with Crippen molar-refractivity contribution >= 4 is 28.6 Å². The van der Waals surface area contributed by atoms with Crippen molar-refractivity contribution in [2.24, 2.45) is 0 Å². The van der Waals surface area contributed by atoms with Crippen molar-refractivity contribution in [3.05, 3.63) is 52.6 Å². The summed E-state index contributed by atoms with van der Waals surface area (Å²) in [5, 5.41) is 3.24. The third-order valence-electron chi connectivity index (χ3n) is 6.68. The van der Waals surface area contributed by atoms with Gasteiger partial charge in [-0.1, -0.05) is 0 Å². The van der Waals surface area contributed by atoms with E-state index in [0.717, 1.165) is 12.1 Å². The molecule has 0 aliphatic carbocycles. The van der Waals surface area contributed by atoms with Crippen LogP contribution in [0, 0.1) is 5.82 Å². The van der Waals surface area contributed by atoms with E-state index < -0.39 is 22.5 Å². The molecule has 1 aliphatic heterocycles. The Bertz CT molecular complexity index is 1540. The monoisotopic (exact) mass is 581 g/mol. The number of rotatable bonds is 5. The molecule has 1 aliphatic rings. The zero-order chi connectivity index (χ0) is 30.8. The SMILES string of the molecule is COc1cc(-c2nc3ccc(N4CCCN(C(=O)OC(C)(C)C)CC4)cc3c(=O)n2CC(=O)NC(C)(C)C)ccc1F. The average Bonchev–Trinajstić information content (AvgIpc) is 3.15. The van der Waals surface area contributed by atoms with Gasteiger partial charge in [-0.05, 0) is 84.4 Å². The van der Waals surface area contributed by atoms with Crippen molar-refractivity contribution in [1.82, 2.24) is 19.8 Å². The van der Waals surface area contributed by atoms with Gasteiger partial charge in [0.1, 0.15) is 18.0 Å². The van der Waals surface area contributed by atoms with E-state index in [-0.39, 0.29) is 30.1 Å². The molecule has 1 fully saturated rings. The van der Waals surface area contributed by atoms with Gasteiger partial charge in [-0.2, -0.15) is 0 Å². The Labute approximate surface area is 245 Å². The van der Waals surface area contributed by atoms with Gasteiger partial charge in [-0.3, -0.25) is 14.2 Å². The normalized spacial score (nSPS) is 14.5. The fourth-order valence-electron chi connectivity index (χ4n) is 4.86. The van der Waals surface area contributed by atoms with Gasteiger partial charge < -0.3 is 24.6 Å². The van der Waals surface area contributed by atoms with Crippen molar-refractivity contribution in [2.45, 2.75) is 65.6 Å². The van der Waals surface area contributed by atoms with Crippen LogP contribution in [0.3, 0.4) is 0 Å². The Morgan fingerprint density at radius 1 is 1.00 bits per heavy atom. The number of anilines is 1. The Hall–Kier alpha value is -4.15. The molecule has 1 aromatic heterocycles. The van der Waals surface area contributed by atoms with Crippen molar-refractivity contribution < 1.29 is 23.5 Å². The van der Waals surface area contributed by atoms with Gasteiger partial charge in [0, 0.05) is 43.0 Å². The summed E-state index contributed by atoms with van der Waals surface area (Å²) in [5.74, 6) is -0.671. The van der Waals surface area contributed by atoms with E-state index in [4.69, 9.17) is 14.5 Å². The molecule has 0 saturated carbocycles. The summed E-state index contributed by atoms with van der Waals surface area (Å²) < 4.78 is 26.2. The lowest BCUT2D eigenvalue weighted by atomic mass is 10.1. The van der Waals surface area contributed by atoms with E-state index in [1.165, 1.54) is 29.9 Å². The van der Waals surface area contributed by atoms with Gasteiger partial charge in [-0.25, -0.2) is 14.2 Å². The van der Waals surface area contributed by atoms with Crippen LogP contribution >= 0.6 is 0 Å². The second kappa shape index (κ2) is 12.0. The molecule has 42 heavy (non-hydrogen) atoms. The predicted molar refractivity (Wildman–Crippen MR) is 160 cm³/mol. The lowest BCUT2D eigenvalue weighted by Crippen LogP contribution is -2.43. The molecule has 0 radical (unpaired) electrons. The first-order valence-electron chi connectivity index (χ1n) is 14.1. The van der Waals surface area contributed by atoms with Crippen molar-refractivity contribution in [1.29, 1.82) is 0 Å². The fourth-order valence-corrected chi connectivity index (χ4v) is 4.86. The number of amides is 2. The minimum absolute atomic E-state index is 0.00414. The maximum atomic E-state index is 14.2. The molecule has 0 atom stereocenters. The van der Waals surface area contributed by atoms with Gasteiger partial charge in [0.25, 0.3) is 5.56 Å².